The molecule has 0 spiro atoms. The number of aromatic amines is 1. The number of hydrogen-bond acceptors (Lipinski definition) is 4. The molecular formula is C25H29ClN6O. The van der Waals surface area contributed by atoms with Crippen molar-refractivity contribution in [2.24, 2.45) is 16.1 Å². The summed E-state index contributed by atoms with van der Waals surface area (Å²) >= 11 is 6.14. The summed E-state index contributed by atoms with van der Waals surface area (Å²) < 4.78 is 0. The number of urea groups is 1. The van der Waals surface area contributed by atoms with Crippen LogP contribution in [0.1, 0.15) is 56.2 Å². The number of amides is 2. The number of carbonyl (C=O) groups is 1. The van der Waals surface area contributed by atoms with Crippen LogP contribution in [0.4, 0.5) is 10.6 Å². The van der Waals surface area contributed by atoms with E-state index < -0.39 is 0 Å². The van der Waals surface area contributed by atoms with Crippen molar-refractivity contribution in [3.63, 3.8) is 0 Å². The molecule has 2 amide bonds. The molecule has 1 saturated carbocycles. The van der Waals surface area contributed by atoms with Gasteiger partial charge in [0.15, 0.2) is 5.82 Å². The first-order valence-corrected chi connectivity index (χ1v) is 12.1. The molecule has 0 unspecified atom stereocenters. The predicted octanol–water partition coefficient (Wildman–Crippen LogP) is 5.69. The number of aromatic nitrogens is 2. The third kappa shape index (κ3) is 5.03. The van der Waals surface area contributed by atoms with E-state index in [4.69, 9.17) is 11.6 Å². The van der Waals surface area contributed by atoms with Crippen LogP contribution in [0, 0.1) is 5.92 Å². The summed E-state index contributed by atoms with van der Waals surface area (Å²) in [6.45, 7) is 5.38. The topological polar surface area (TPSA) is 77.0 Å². The fourth-order valence-corrected chi connectivity index (χ4v) is 4.73. The summed E-state index contributed by atoms with van der Waals surface area (Å²) in [5.74, 6) is 1.43. The molecule has 1 N–H and O–H groups in total. The van der Waals surface area contributed by atoms with Crippen LogP contribution in [0.15, 0.2) is 47.1 Å². The first-order chi connectivity index (χ1) is 16.1. The molecule has 0 bridgehead atoms. The molecule has 1 fully saturated rings. The smallest absolute Gasteiger partial charge is 0.326 e. The van der Waals surface area contributed by atoms with Crippen molar-refractivity contribution in [1.29, 1.82) is 0 Å². The van der Waals surface area contributed by atoms with Crippen LogP contribution in [-0.2, 0) is 6.42 Å². The quantitative estimate of drug-likeness (QED) is 0.490. The average Bonchev–Trinajstić information content (AvgIpc) is 3.39. The molecule has 0 saturated heterocycles. The predicted molar refractivity (Wildman–Crippen MR) is 133 cm³/mol. The molecule has 2 aliphatic heterocycles. The molecular weight excluding hydrogens is 436 g/mol. The summed E-state index contributed by atoms with van der Waals surface area (Å²) in [6, 6.07) is 10.3. The van der Waals surface area contributed by atoms with Crippen molar-refractivity contribution in [3.8, 4) is 0 Å². The Morgan fingerprint density at radius 1 is 1.06 bits per heavy atom. The molecule has 33 heavy (non-hydrogen) atoms. The van der Waals surface area contributed by atoms with E-state index >= 15 is 0 Å². The number of fused-ring (bicyclic) bond motifs is 1. The van der Waals surface area contributed by atoms with E-state index in [0.717, 1.165) is 61.6 Å². The van der Waals surface area contributed by atoms with Gasteiger partial charge in [-0.15, -0.1) is 0 Å². The van der Waals surface area contributed by atoms with E-state index in [-0.39, 0.29) is 11.3 Å². The van der Waals surface area contributed by atoms with Gasteiger partial charge in [0, 0.05) is 31.6 Å². The Morgan fingerprint density at radius 2 is 1.82 bits per heavy atom. The Balaban J connectivity index is 1.16. The highest BCUT2D eigenvalue weighted by Gasteiger charge is 2.36. The number of imidazole rings is 1. The summed E-state index contributed by atoms with van der Waals surface area (Å²) in [5.41, 5.74) is 4.77. The van der Waals surface area contributed by atoms with E-state index in [1.54, 1.807) is 9.80 Å². The summed E-state index contributed by atoms with van der Waals surface area (Å²) in [7, 11) is 0. The van der Waals surface area contributed by atoms with Gasteiger partial charge in [-0.3, -0.25) is 9.80 Å². The summed E-state index contributed by atoms with van der Waals surface area (Å²) in [6.07, 6.45) is 7.99. The van der Waals surface area contributed by atoms with E-state index in [1.807, 2.05) is 18.2 Å². The maximum atomic E-state index is 13.3. The number of benzene rings is 1. The number of anilines is 1. The minimum absolute atomic E-state index is 0.0687. The van der Waals surface area contributed by atoms with Crippen LogP contribution >= 0.6 is 11.6 Å². The van der Waals surface area contributed by atoms with Gasteiger partial charge in [0.05, 0.1) is 11.4 Å². The second kappa shape index (κ2) is 9.51. The lowest BCUT2D eigenvalue weighted by atomic mass is 10.0. The van der Waals surface area contributed by atoms with Gasteiger partial charge in [0.2, 0.25) is 5.28 Å². The first-order valence-electron chi connectivity index (χ1n) is 11.8. The van der Waals surface area contributed by atoms with E-state index in [0.29, 0.717) is 24.6 Å². The van der Waals surface area contributed by atoms with Gasteiger partial charge in [-0.1, -0.05) is 49.8 Å². The van der Waals surface area contributed by atoms with Crippen molar-refractivity contribution >= 4 is 40.6 Å². The van der Waals surface area contributed by atoms with Gasteiger partial charge in [-0.25, -0.2) is 4.79 Å². The van der Waals surface area contributed by atoms with Gasteiger partial charge >= 0.3 is 6.03 Å². The van der Waals surface area contributed by atoms with Crippen molar-refractivity contribution in [3.05, 3.63) is 53.5 Å². The molecule has 0 radical (unpaired) electrons. The van der Waals surface area contributed by atoms with Gasteiger partial charge < -0.3 is 4.98 Å². The zero-order valence-corrected chi connectivity index (χ0v) is 19.5. The molecule has 8 heteroatoms. The number of nitrogens with one attached hydrogen (secondary N) is 1. The van der Waals surface area contributed by atoms with Gasteiger partial charge in [0.25, 0.3) is 0 Å². The lowest BCUT2D eigenvalue weighted by molar-refractivity contribution is 0.222. The SMILES string of the molecule is C=C1c2[nH]c(Cl)nc2N(CCCC2CC2)C(=O)N1CCCC1=NN=C(Cc2ccccc2)C1. The molecule has 172 valence electrons. The minimum atomic E-state index is -0.0687. The number of rotatable bonds is 10. The fraction of sp³-hybridized carbons (Fsp3) is 0.440. The number of nitrogens with zero attached hydrogens (tertiary/aromatic N) is 5. The fourth-order valence-electron chi connectivity index (χ4n) is 4.55. The Kier molecular flexibility index (Phi) is 6.31. The van der Waals surface area contributed by atoms with Crippen molar-refractivity contribution in [2.75, 3.05) is 18.0 Å². The largest absolute Gasteiger partial charge is 0.330 e. The Morgan fingerprint density at radius 3 is 2.61 bits per heavy atom. The number of carbonyl (C=O) groups excluding carboxylic acids is 1. The minimum Gasteiger partial charge on any atom is -0.326 e. The van der Waals surface area contributed by atoms with Crippen molar-refractivity contribution < 1.29 is 4.79 Å². The molecule has 1 aliphatic carbocycles. The molecule has 1 aromatic carbocycles. The number of hydrogen-bond donors (Lipinski definition) is 1. The first kappa shape index (κ1) is 21.9. The monoisotopic (exact) mass is 464 g/mol. The molecule has 3 heterocycles. The Hall–Kier alpha value is -2.93. The van der Waals surface area contributed by atoms with Gasteiger partial charge in [-0.2, -0.15) is 15.2 Å². The summed E-state index contributed by atoms with van der Waals surface area (Å²) in [4.78, 5) is 24.3. The van der Waals surface area contributed by atoms with Crippen LogP contribution in [0.3, 0.4) is 0 Å². The Labute approximate surface area is 199 Å². The molecule has 3 aliphatic rings. The second-order valence-corrected chi connectivity index (χ2v) is 9.48. The molecule has 7 nitrogen and oxygen atoms in total. The van der Waals surface area contributed by atoms with Crippen LogP contribution in [0.25, 0.3) is 5.70 Å². The van der Waals surface area contributed by atoms with Crippen molar-refractivity contribution in [2.45, 2.75) is 51.4 Å². The summed E-state index contributed by atoms with van der Waals surface area (Å²) in [5, 5.41) is 9.05. The highest BCUT2D eigenvalue weighted by atomic mass is 35.5. The van der Waals surface area contributed by atoms with Crippen molar-refractivity contribution in [1.82, 2.24) is 14.9 Å². The third-order valence-corrected chi connectivity index (χ3v) is 6.70. The number of H-pyrrole nitrogens is 1. The zero-order chi connectivity index (χ0) is 22.8. The maximum Gasteiger partial charge on any atom is 0.330 e. The van der Waals surface area contributed by atoms with Crippen LogP contribution in [0.5, 0.6) is 0 Å². The molecule has 0 atom stereocenters. The number of halogens is 1. The van der Waals surface area contributed by atoms with Crippen LogP contribution in [-0.4, -0.2) is 45.4 Å². The van der Waals surface area contributed by atoms with Crippen LogP contribution < -0.4 is 4.90 Å². The normalized spacial score (nSPS) is 18.0. The highest BCUT2D eigenvalue weighted by molar-refractivity contribution is 6.28. The van der Waals surface area contributed by atoms with Gasteiger partial charge in [0.1, 0.15) is 5.69 Å². The molecule has 2 aromatic rings. The van der Waals surface area contributed by atoms with E-state index in [1.165, 1.54) is 18.4 Å². The second-order valence-electron chi connectivity index (χ2n) is 9.12. The standard InChI is InChI=1S/C25H29ClN6O/c1-17-22-23(28-24(26)27-22)32(14-5-9-18-11-12-18)25(33)31(17)13-6-10-20-16-21(30-29-20)15-19-7-3-2-4-8-19/h2-4,7-8,18H,1,5-6,9-16H2,(H,27,28). The third-order valence-electron chi connectivity index (χ3n) is 6.52. The maximum absolute atomic E-state index is 13.3. The van der Waals surface area contributed by atoms with Crippen LogP contribution in [0.2, 0.25) is 5.28 Å². The van der Waals surface area contributed by atoms with Gasteiger partial charge in [-0.05, 0) is 48.8 Å². The van der Waals surface area contributed by atoms with E-state index in [2.05, 4.69) is 38.9 Å². The molecule has 5 rings (SSSR count). The average molecular weight is 465 g/mol. The zero-order valence-electron chi connectivity index (χ0n) is 18.8. The lowest BCUT2D eigenvalue weighted by Crippen LogP contribution is -2.47. The highest BCUT2D eigenvalue weighted by Crippen LogP contribution is 2.37. The Bertz CT molecular complexity index is 1100. The lowest BCUT2D eigenvalue weighted by Gasteiger charge is -2.35. The molecule has 1 aromatic heterocycles. The van der Waals surface area contributed by atoms with E-state index in [9.17, 15) is 4.79 Å².